The Labute approximate surface area is 182 Å². The third kappa shape index (κ3) is 5.01. The van der Waals surface area contributed by atoms with Crippen LogP contribution in [0.2, 0.25) is 0 Å². The van der Waals surface area contributed by atoms with E-state index in [0.29, 0.717) is 18.3 Å². The summed E-state index contributed by atoms with van der Waals surface area (Å²) in [5, 5.41) is 0. The van der Waals surface area contributed by atoms with Gasteiger partial charge < -0.3 is 4.74 Å². The summed E-state index contributed by atoms with van der Waals surface area (Å²) < 4.78 is 20.0. The maximum absolute atomic E-state index is 14.5. The van der Waals surface area contributed by atoms with Crippen LogP contribution in [0.15, 0.2) is 43.0 Å². The molecule has 0 aliphatic heterocycles. The topological polar surface area (TPSA) is 9.23 Å². The van der Waals surface area contributed by atoms with Gasteiger partial charge in [0, 0.05) is 0 Å². The van der Waals surface area contributed by atoms with Gasteiger partial charge in [0.2, 0.25) is 0 Å². The van der Waals surface area contributed by atoms with Crippen molar-refractivity contribution >= 4 is 0 Å². The molecule has 0 amide bonds. The third-order valence-corrected chi connectivity index (χ3v) is 8.47. The molecule has 30 heavy (non-hydrogen) atoms. The van der Waals surface area contributed by atoms with Crippen LogP contribution in [-0.2, 0) is 0 Å². The van der Waals surface area contributed by atoms with Crippen LogP contribution >= 0.6 is 0 Å². The van der Waals surface area contributed by atoms with Crippen LogP contribution in [0.4, 0.5) is 4.39 Å². The van der Waals surface area contributed by atoms with Gasteiger partial charge in [-0.1, -0.05) is 24.3 Å². The highest BCUT2D eigenvalue weighted by Gasteiger charge is 2.39. The monoisotopic (exact) mass is 410 g/mol. The second kappa shape index (κ2) is 10.2. The van der Waals surface area contributed by atoms with E-state index in [0.717, 1.165) is 29.6 Å². The molecule has 4 atom stereocenters. The van der Waals surface area contributed by atoms with Crippen molar-refractivity contribution in [1.82, 2.24) is 0 Å². The molecule has 3 aliphatic rings. The lowest BCUT2D eigenvalue weighted by atomic mass is 9.60. The van der Waals surface area contributed by atoms with Crippen LogP contribution < -0.4 is 4.74 Å². The van der Waals surface area contributed by atoms with E-state index in [2.05, 4.69) is 18.7 Å². The average Bonchev–Trinajstić information content (AvgIpc) is 2.79. The number of hydrogen-bond donors (Lipinski definition) is 0. The van der Waals surface area contributed by atoms with Crippen molar-refractivity contribution in [2.45, 2.75) is 77.0 Å². The van der Waals surface area contributed by atoms with E-state index in [-0.39, 0.29) is 5.82 Å². The highest BCUT2D eigenvalue weighted by molar-refractivity contribution is 5.32. The van der Waals surface area contributed by atoms with E-state index in [9.17, 15) is 4.39 Å². The molecule has 1 aromatic rings. The Hall–Kier alpha value is -1.57. The summed E-state index contributed by atoms with van der Waals surface area (Å²) in [7, 11) is 0. The first kappa shape index (κ1) is 21.7. The van der Waals surface area contributed by atoms with Crippen LogP contribution in [0, 0.1) is 35.4 Å². The molecule has 0 bridgehead atoms. The van der Waals surface area contributed by atoms with Gasteiger partial charge in [-0.2, -0.15) is 0 Å². The molecule has 3 aliphatic carbocycles. The lowest BCUT2D eigenvalue weighted by Gasteiger charge is -2.45. The zero-order valence-electron chi connectivity index (χ0n) is 18.7. The Morgan fingerprint density at radius 3 is 2.30 bits per heavy atom. The molecule has 3 saturated carbocycles. The zero-order chi connectivity index (χ0) is 20.9. The minimum atomic E-state index is -0.210. The molecule has 0 N–H and O–H groups in total. The average molecular weight is 411 g/mol. The van der Waals surface area contributed by atoms with Gasteiger partial charge in [-0.25, -0.2) is 4.39 Å². The molecular formula is C28H39FO. The highest BCUT2D eigenvalue weighted by Crippen LogP contribution is 2.51. The summed E-state index contributed by atoms with van der Waals surface area (Å²) in [5.41, 5.74) is 1.18. The van der Waals surface area contributed by atoms with Gasteiger partial charge in [0.15, 0.2) is 11.6 Å². The van der Waals surface area contributed by atoms with Crippen molar-refractivity contribution in [3.05, 3.63) is 54.4 Å². The summed E-state index contributed by atoms with van der Waals surface area (Å²) in [6.07, 6.45) is 19.6. The Morgan fingerprint density at radius 1 is 0.933 bits per heavy atom. The van der Waals surface area contributed by atoms with Crippen LogP contribution in [0.1, 0.15) is 82.6 Å². The Bertz CT molecular complexity index is 730. The summed E-state index contributed by atoms with van der Waals surface area (Å²) in [6.45, 7) is 6.37. The van der Waals surface area contributed by atoms with E-state index in [1.807, 2.05) is 25.1 Å². The van der Waals surface area contributed by atoms with E-state index in [4.69, 9.17) is 4.74 Å². The van der Waals surface area contributed by atoms with Crippen molar-refractivity contribution in [2.24, 2.45) is 29.6 Å². The molecule has 0 saturated heterocycles. The Morgan fingerprint density at radius 2 is 1.60 bits per heavy atom. The fourth-order valence-corrected chi connectivity index (χ4v) is 6.63. The van der Waals surface area contributed by atoms with Gasteiger partial charge in [-0.15, -0.1) is 6.58 Å². The van der Waals surface area contributed by atoms with Crippen LogP contribution in [0.5, 0.6) is 5.75 Å². The standard InChI is InChI=1S/C28H39FO/c1-3-5-16-30-28-15-14-26(19-27(28)29)25-13-12-23-17-22(10-11-24(23)18-25)21-8-6-20(4-2)7-9-21/h3-5,14-15,19-25H,2,6-13,16-18H2,1H3/b5-3+. The number of benzene rings is 1. The van der Waals surface area contributed by atoms with Crippen LogP contribution in [0.25, 0.3) is 0 Å². The molecule has 1 nitrogen and oxygen atoms in total. The number of fused-ring (bicyclic) bond motifs is 1. The Balaban J connectivity index is 1.31. The molecular weight excluding hydrogens is 371 g/mol. The first-order chi connectivity index (χ1) is 14.7. The van der Waals surface area contributed by atoms with E-state index < -0.39 is 0 Å². The van der Waals surface area contributed by atoms with Crippen LogP contribution in [0.3, 0.4) is 0 Å². The molecule has 3 fully saturated rings. The maximum atomic E-state index is 14.5. The molecule has 0 radical (unpaired) electrons. The molecule has 2 heteroatoms. The molecule has 0 aromatic heterocycles. The van der Waals surface area contributed by atoms with Gasteiger partial charge in [0.25, 0.3) is 0 Å². The van der Waals surface area contributed by atoms with Gasteiger partial charge in [0.1, 0.15) is 6.61 Å². The fraction of sp³-hybridized carbons (Fsp3) is 0.643. The lowest BCUT2D eigenvalue weighted by molar-refractivity contribution is 0.0748. The normalized spacial score (nSPS) is 34.5. The van der Waals surface area contributed by atoms with Gasteiger partial charge in [-0.3, -0.25) is 0 Å². The minimum Gasteiger partial charge on any atom is -0.486 e. The van der Waals surface area contributed by atoms with Crippen LogP contribution in [-0.4, -0.2) is 6.61 Å². The maximum Gasteiger partial charge on any atom is 0.165 e. The van der Waals surface area contributed by atoms with Crippen molar-refractivity contribution < 1.29 is 9.13 Å². The number of ether oxygens (including phenoxy) is 1. The number of rotatable bonds is 6. The fourth-order valence-electron chi connectivity index (χ4n) is 6.63. The smallest absolute Gasteiger partial charge is 0.165 e. The molecule has 0 heterocycles. The second-order valence-electron chi connectivity index (χ2n) is 10.1. The lowest BCUT2D eigenvalue weighted by Crippen LogP contribution is -2.34. The number of hydrogen-bond acceptors (Lipinski definition) is 1. The second-order valence-corrected chi connectivity index (χ2v) is 10.1. The van der Waals surface area contributed by atoms with E-state index in [1.165, 1.54) is 69.8 Å². The summed E-state index contributed by atoms with van der Waals surface area (Å²) in [4.78, 5) is 0. The number of allylic oxidation sites excluding steroid dienone is 2. The molecule has 0 spiro atoms. The van der Waals surface area contributed by atoms with E-state index >= 15 is 0 Å². The molecule has 4 rings (SSSR count). The van der Waals surface area contributed by atoms with Crippen molar-refractivity contribution in [1.29, 1.82) is 0 Å². The highest BCUT2D eigenvalue weighted by atomic mass is 19.1. The van der Waals surface area contributed by atoms with Gasteiger partial charge in [-0.05, 0) is 124 Å². The molecule has 4 unspecified atom stereocenters. The predicted molar refractivity (Wildman–Crippen MR) is 123 cm³/mol. The van der Waals surface area contributed by atoms with Gasteiger partial charge in [0.05, 0.1) is 0 Å². The minimum absolute atomic E-state index is 0.210. The predicted octanol–water partition coefficient (Wildman–Crippen LogP) is 8.07. The van der Waals surface area contributed by atoms with E-state index in [1.54, 1.807) is 6.07 Å². The van der Waals surface area contributed by atoms with Crippen molar-refractivity contribution in [3.8, 4) is 5.75 Å². The Kier molecular flexibility index (Phi) is 7.33. The summed E-state index contributed by atoms with van der Waals surface area (Å²) in [5.74, 6) is 5.13. The first-order valence-corrected chi connectivity index (χ1v) is 12.3. The molecule has 1 aromatic carbocycles. The SMILES string of the molecule is C=CC1CCC(C2CCC3CC(c4ccc(OC/C=C/C)c(F)c4)CCC3C2)CC1. The molecule has 164 valence electrons. The third-order valence-electron chi connectivity index (χ3n) is 8.47. The van der Waals surface area contributed by atoms with Gasteiger partial charge >= 0.3 is 0 Å². The quantitative estimate of drug-likeness (QED) is 0.431. The first-order valence-electron chi connectivity index (χ1n) is 12.3. The summed E-state index contributed by atoms with van der Waals surface area (Å²) >= 11 is 0. The zero-order valence-corrected chi connectivity index (χ0v) is 18.7. The van der Waals surface area contributed by atoms with Crippen molar-refractivity contribution in [2.75, 3.05) is 6.61 Å². The number of halogens is 1. The largest absolute Gasteiger partial charge is 0.486 e. The van der Waals surface area contributed by atoms with Crippen molar-refractivity contribution in [3.63, 3.8) is 0 Å². The summed E-state index contributed by atoms with van der Waals surface area (Å²) in [6, 6.07) is 5.67.